The highest BCUT2D eigenvalue weighted by atomic mass is 16.5. The van der Waals surface area contributed by atoms with E-state index < -0.39 is 0 Å². The number of hydrogen-bond acceptors (Lipinski definition) is 3. The van der Waals surface area contributed by atoms with E-state index in [2.05, 4.69) is 36.1 Å². The minimum absolute atomic E-state index is 0.486. The van der Waals surface area contributed by atoms with Crippen LogP contribution >= 0.6 is 0 Å². The first-order chi connectivity index (χ1) is 9.24. The summed E-state index contributed by atoms with van der Waals surface area (Å²) < 4.78 is 7.23. The molecule has 110 valence electrons. The van der Waals surface area contributed by atoms with Crippen LogP contribution in [0.5, 0.6) is 0 Å². The molecule has 1 rings (SSSR count). The van der Waals surface area contributed by atoms with Crippen LogP contribution < -0.4 is 5.32 Å². The summed E-state index contributed by atoms with van der Waals surface area (Å²) in [6.45, 7) is 5.27. The summed E-state index contributed by atoms with van der Waals surface area (Å²) in [5, 5.41) is 8.08. The Hall–Kier alpha value is -0.870. The average molecular weight is 267 g/mol. The molecule has 0 radical (unpaired) electrons. The van der Waals surface area contributed by atoms with Crippen molar-refractivity contribution in [3.8, 4) is 0 Å². The Labute approximate surface area is 117 Å². The summed E-state index contributed by atoms with van der Waals surface area (Å²) in [7, 11) is 3.78. The number of likely N-dealkylation sites (N-methyl/N-ethyl adjacent to an activating group) is 1. The van der Waals surface area contributed by atoms with Gasteiger partial charge >= 0.3 is 0 Å². The van der Waals surface area contributed by atoms with Crippen LogP contribution in [0.15, 0.2) is 12.3 Å². The Morgan fingerprint density at radius 3 is 2.68 bits per heavy atom. The standard InChI is InChI=1S/C15H29N3O/c1-5-15(6-2)18-10-9-14(17-18)12-13(16-3)8-7-11-19-4/h9-10,13,15-16H,5-8,11-12H2,1-4H3. The van der Waals surface area contributed by atoms with Crippen molar-refractivity contribution in [2.45, 2.75) is 58.0 Å². The average Bonchev–Trinajstić information content (AvgIpc) is 2.88. The Bertz CT molecular complexity index is 334. The monoisotopic (exact) mass is 267 g/mol. The molecule has 0 aliphatic carbocycles. The molecule has 0 amide bonds. The molecule has 1 aromatic heterocycles. The maximum absolute atomic E-state index is 5.10. The van der Waals surface area contributed by atoms with Gasteiger partial charge in [0, 0.05) is 32.4 Å². The number of hydrogen-bond donors (Lipinski definition) is 1. The summed E-state index contributed by atoms with van der Waals surface area (Å²) in [5.41, 5.74) is 1.18. The first-order valence-corrected chi connectivity index (χ1v) is 7.45. The molecule has 0 aromatic carbocycles. The van der Waals surface area contributed by atoms with Gasteiger partial charge in [-0.3, -0.25) is 4.68 Å². The van der Waals surface area contributed by atoms with Crippen LogP contribution in [-0.4, -0.2) is 36.6 Å². The lowest BCUT2D eigenvalue weighted by molar-refractivity contribution is 0.189. The number of methoxy groups -OCH3 is 1. The van der Waals surface area contributed by atoms with E-state index in [0.29, 0.717) is 12.1 Å². The Balaban J connectivity index is 2.50. The molecule has 0 spiro atoms. The number of aromatic nitrogens is 2. The normalized spacial score (nSPS) is 13.1. The Morgan fingerprint density at radius 2 is 2.11 bits per heavy atom. The minimum atomic E-state index is 0.486. The van der Waals surface area contributed by atoms with E-state index in [1.807, 2.05) is 7.05 Å². The van der Waals surface area contributed by atoms with Crippen molar-refractivity contribution in [2.75, 3.05) is 20.8 Å². The fraction of sp³-hybridized carbons (Fsp3) is 0.800. The van der Waals surface area contributed by atoms with Crippen molar-refractivity contribution in [1.29, 1.82) is 0 Å². The first-order valence-electron chi connectivity index (χ1n) is 7.45. The molecule has 4 heteroatoms. The third-order valence-electron chi connectivity index (χ3n) is 3.75. The molecular formula is C15H29N3O. The van der Waals surface area contributed by atoms with Crippen molar-refractivity contribution in [3.05, 3.63) is 18.0 Å². The molecular weight excluding hydrogens is 238 g/mol. The highest BCUT2D eigenvalue weighted by Crippen LogP contribution is 2.15. The lowest BCUT2D eigenvalue weighted by Gasteiger charge is -2.15. The zero-order valence-corrected chi connectivity index (χ0v) is 12.9. The van der Waals surface area contributed by atoms with E-state index in [0.717, 1.165) is 38.7 Å². The second kappa shape index (κ2) is 9.10. The number of nitrogens with one attached hydrogen (secondary N) is 1. The van der Waals surface area contributed by atoms with Crippen LogP contribution in [-0.2, 0) is 11.2 Å². The quantitative estimate of drug-likeness (QED) is 0.663. The van der Waals surface area contributed by atoms with Gasteiger partial charge in [-0.15, -0.1) is 0 Å². The van der Waals surface area contributed by atoms with Crippen LogP contribution in [0.25, 0.3) is 0 Å². The van der Waals surface area contributed by atoms with Crippen molar-refractivity contribution in [1.82, 2.24) is 15.1 Å². The predicted molar refractivity (Wildman–Crippen MR) is 79.5 cm³/mol. The molecule has 1 unspecified atom stereocenters. The molecule has 1 N–H and O–H groups in total. The van der Waals surface area contributed by atoms with Gasteiger partial charge in [0.25, 0.3) is 0 Å². The van der Waals surface area contributed by atoms with Gasteiger partial charge in [0.05, 0.1) is 11.7 Å². The molecule has 0 aliphatic heterocycles. The highest BCUT2D eigenvalue weighted by molar-refractivity contribution is 5.02. The van der Waals surface area contributed by atoms with Gasteiger partial charge in [-0.2, -0.15) is 5.10 Å². The van der Waals surface area contributed by atoms with Gasteiger partial charge < -0.3 is 10.1 Å². The lowest BCUT2D eigenvalue weighted by atomic mass is 10.1. The third kappa shape index (κ3) is 5.33. The smallest absolute Gasteiger partial charge is 0.0640 e. The third-order valence-corrected chi connectivity index (χ3v) is 3.75. The molecule has 0 fully saturated rings. The van der Waals surface area contributed by atoms with Gasteiger partial charge in [0.2, 0.25) is 0 Å². The lowest BCUT2D eigenvalue weighted by Crippen LogP contribution is -2.28. The van der Waals surface area contributed by atoms with E-state index in [9.17, 15) is 0 Å². The van der Waals surface area contributed by atoms with Crippen molar-refractivity contribution < 1.29 is 4.74 Å². The van der Waals surface area contributed by atoms with Gasteiger partial charge in [0.1, 0.15) is 0 Å². The van der Waals surface area contributed by atoms with Crippen molar-refractivity contribution >= 4 is 0 Å². The molecule has 4 nitrogen and oxygen atoms in total. The topological polar surface area (TPSA) is 39.1 Å². The van der Waals surface area contributed by atoms with Gasteiger partial charge in [0.15, 0.2) is 0 Å². The van der Waals surface area contributed by atoms with E-state index in [1.165, 1.54) is 5.69 Å². The molecule has 19 heavy (non-hydrogen) atoms. The number of ether oxygens (including phenoxy) is 1. The van der Waals surface area contributed by atoms with Gasteiger partial charge in [-0.1, -0.05) is 13.8 Å². The van der Waals surface area contributed by atoms with Gasteiger partial charge in [-0.05, 0) is 38.8 Å². The fourth-order valence-corrected chi connectivity index (χ4v) is 2.43. The largest absolute Gasteiger partial charge is 0.385 e. The molecule has 0 bridgehead atoms. The Morgan fingerprint density at radius 1 is 1.37 bits per heavy atom. The van der Waals surface area contributed by atoms with E-state index >= 15 is 0 Å². The zero-order chi connectivity index (χ0) is 14.1. The maximum atomic E-state index is 5.10. The molecule has 0 saturated carbocycles. The summed E-state index contributed by atoms with van der Waals surface area (Å²) in [5.74, 6) is 0. The SMILES string of the molecule is CCC(CC)n1ccc(CC(CCCOC)NC)n1. The number of rotatable bonds is 10. The number of nitrogens with zero attached hydrogens (tertiary/aromatic N) is 2. The van der Waals surface area contributed by atoms with E-state index in [4.69, 9.17) is 9.84 Å². The van der Waals surface area contributed by atoms with Crippen LogP contribution in [0.4, 0.5) is 0 Å². The van der Waals surface area contributed by atoms with Crippen molar-refractivity contribution in [2.24, 2.45) is 0 Å². The van der Waals surface area contributed by atoms with E-state index in [1.54, 1.807) is 7.11 Å². The molecule has 1 heterocycles. The molecule has 1 aromatic rings. The predicted octanol–water partition coefficient (Wildman–Crippen LogP) is 2.80. The van der Waals surface area contributed by atoms with Crippen molar-refractivity contribution in [3.63, 3.8) is 0 Å². The summed E-state index contributed by atoms with van der Waals surface area (Å²) in [6.07, 6.45) is 7.61. The molecule has 1 atom stereocenters. The zero-order valence-electron chi connectivity index (χ0n) is 12.9. The van der Waals surface area contributed by atoms with Crippen LogP contribution in [0.3, 0.4) is 0 Å². The maximum Gasteiger partial charge on any atom is 0.0640 e. The minimum Gasteiger partial charge on any atom is -0.385 e. The van der Waals surface area contributed by atoms with Gasteiger partial charge in [-0.25, -0.2) is 0 Å². The fourth-order valence-electron chi connectivity index (χ4n) is 2.43. The summed E-state index contributed by atoms with van der Waals surface area (Å²) in [4.78, 5) is 0. The van der Waals surface area contributed by atoms with Crippen LogP contribution in [0, 0.1) is 0 Å². The van der Waals surface area contributed by atoms with Crippen LogP contribution in [0.1, 0.15) is 51.3 Å². The molecule has 0 aliphatic rings. The first kappa shape index (κ1) is 16.2. The Kier molecular flexibility index (Phi) is 7.75. The highest BCUT2D eigenvalue weighted by Gasteiger charge is 2.12. The second-order valence-electron chi connectivity index (χ2n) is 5.08. The summed E-state index contributed by atoms with van der Waals surface area (Å²) >= 11 is 0. The second-order valence-corrected chi connectivity index (χ2v) is 5.08. The molecule has 0 saturated heterocycles. The van der Waals surface area contributed by atoms with Crippen LogP contribution in [0.2, 0.25) is 0 Å². The summed E-state index contributed by atoms with van der Waals surface area (Å²) in [6, 6.07) is 3.18. The van der Waals surface area contributed by atoms with E-state index in [-0.39, 0.29) is 0 Å².